The number of benzene rings is 2. The predicted molar refractivity (Wildman–Crippen MR) is 97.7 cm³/mol. The Labute approximate surface area is 164 Å². The van der Waals surface area contributed by atoms with Crippen molar-refractivity contribution in [3.8, 4) is 22.9 Å². The SMILES string of the molecule is Cc1ccccc1-c1noc(COC(=O)c2cc3c(cc2[N+](=O)[O-])OCCO3)n1. The van der Waals surface area contributed by atoms with Crippen molar-refractivity contribution in [1.82, 2.24) is 10.1 Å². The van der Waals surface area contributed by atoms with Crippen LogP contribution >= 0.6 is 0 Å². The number of nitro benzene ring substituents is 1. The van der Waals surface area contributed by atoms with Crippen molar-refractivity contribution in [2.24, 2.45) is 0 Å². The van der Waals surface area contributed by atoms with E-state index >= 15 is 0 Å². The van der Waals surface area contributed by atoms with Gasteiger partial charge < -0.3 is 18.7 Å². The molecule has 3 aromatic rings. The van der Waals surface area contributed by atoms with E-state index in [1.807, 2.05) is 31.2 Å². The maximum Gasteiger partial charge on any atom is 0.345 e. The maximum atomic E-state index is 12.4. The monoisotopic (exact) mass is 397 g/mol. The number of aromatic nitrogens is 2. The molecule has 0 saturated heterocycles. The minimum Gasteiger partial charge on any atom is -0.486 e. The molecule has 1 aliphatic rings. The lowest BCUT2D eigenvalue weighted by molar-refractivity contribution is -0.385. The Kier molecular flexibility index (Phi) is 4.82. The molecule has 1 aromatic heterocycles. The second-order valence-corrected chi connectivity index (χ2v) is 6.17. The minimum atomic E-state index is -0.913. The van der Waals surface area contributed by atoms with Crippen LogP contribution in [-0.4, -0.2) is 34.2 Å². The van der Waals surface area contributed by atoms with E-state index in [1.165, 1.54) is 6.07 Å². The number of esters is 1. The molecule has 10 heteroatoms. The van der Waals surface area contributed by atoms with Crippen LogP contribution in [0.3, 0.4) is 0 Å². The average molecular weight is 397 g/mol. The zero-order chi connectivity index (χ0) is 20.4. The predicted octanol–water partition coefficient (Wildman–Crippen LogP) is 3.08. The number of aryl methyl sites for hydroxylation is 1. The van der Waals surface area contributed by atoms with Gasteiger partial charge in [-0.3, -0.25) is 10.1 Å². The molecule has 0 amide bonds. The molecule has 0 saturated carbocycles. The first-order valence-electron chi connectivity index (χ1n) is 8.66. The summed E-state index contributed by atoms with van der Waals surface area (Å²) in [6, 6.07) is 9.87. The fourth-order valence-electron chi connectivity index (χ4n) is 2.84. The second-order valence-electron chi connectivity index (χ2n) is 6.17. The summed E-state index contributed by atoms with van der Waals surface area (Å²) in [6.07, 6.45) is 0. The van der Waals surface area contributed by atoms with Gasteiger partial charge in [0.2, 0.25) is 5.82 Å². The Morgan fingerprint density at radius 2 is 1.93 bits per heavy atom. The molecular formula is C19H15N3O7. The van der Waals surface area contributed by atoms with Crippen LogP contribution in [0.5, 0.6) is 11.5 Å². The van der Waals surface area contributed by atoms with Gasteiger partial charge in [-0.2, -0.15) is 4.98 Å². The molecule has 1 aliphatic heterocycles. The number of nitro groups is 1. The van der Waals surface area contributed by atoms with Crippen LogP contribution in [0.4, 0.5) is 5.69 Å². The molecule has 0 aliphatic carbocycles. The summed E-state index contributed by atoms with van der Waals surface area (Å²) >= 11 is 0. The third-order valence-electron chi connectivity index (χ3n) is 4.26. The third-order valence-corrected chi connectivity index (χ3v) is 4.26. The lowest BCUT2D eigenvalue weighted by atomic mass is 10.1. The number of hydrogen-bond acceptors (Lipinski definition) is 9. The number of nitrogens with zero attached hydrogens (tertiary/aromatic N) is 3. The van der Waals surface area contributed by atoms with Gasteiger partial charge in [-0.25, -0.2) is 4.79 Å². The van der Waals surface area contributed by atoms with Crippen molar-refractivity contribution in [3.05, 3.63) is 63.5 Å². The Morgan fingerprint density at radius 1 is 1.21 bits per heavy atom. The van der Waals surface area contributed by atoms with Gasteiger partial charge in [0, 0.05) is 11.6 Å². The molecule has 4 rings (SSSR count). The first-order chi connectivity index (χ1) is 14.0. The van der Waals surface area contributed by atoms with Crippen LogP contribution in [0, 0.1) is 17.0 Å². The summed E-state index contributed by atoms with van der Waals surface area (Å²) in [5.74, 6) is -0.0340. The van der Waals surface area contributed by atoms with E-state index in [9.17, 15) is 14.9 Å². The molecule has 0 unspecified atom stereocenters. The number of rotatable bonds is 5. The maximum absolute atomic E-state index is 12.4. The normalized spacial score (nSPS) is 12.4. The Hall–Kier alpha value is -3.95. The average Bonchev–Trinajstić information content (AvgIpc) is 3.20. The highest BCUT2D eigenvalue weighted by Gasteiger charge is 2.27. The molecule has 29 heavy (non-hydrogen) atoms. The summed E-state index contributed by atoms with van der Waals surface area (Å²) in [4.78, 5) is 27.3. The molecule has 0 radical (unpaired) electrons. The fraction of sp³-hybridized carbons (Fsp3) is 0.211. The van der Waals surface area contributed by atoms with Gasteiger partial charge in [0.15, 0.2) is 18.1 Å². The largest absolute Gasteiger partial charge is 0.486 e. The quantitative estimate of drug-likeness (QED) is 0.362. The highest BCUT2D eigenvalue weighted by atomic mass is 16.6. The third kappa shape index (κ3) is 3.72. The van der Waals surface area contributed by atoms with E-state index in [-0.39, 0.29) is 42.8 Å². The van der Waals surface area contributed by atoms with Crippen molar-refractivity contribution in [1.29, 1.82) is 0 Å². The number of carbonyl (C=O) groups excluding carboxylic acids is 1. The van der Waals surface area contributed by atoms with Gasteiger partial charge in [0.05, 0.1) is 11.0 Å². The number of fused-ring (bicyclic) bond motifs is 1. The highest BCUT2D eigenvalue weighted by Crippen LogP contribution is 2.37. The first kappa shape index (κ1) is 18.4. The topological polar surface area (TPSA) is 127 Å². The number of hydrogen-bond donors (Lipinski definition) is 0. The minimum absolute atomic E-state index is 0.0665. The highest BCUT2D eigenvalue weighted by molar-refractivity contribution is 5.95. The van der Waals surface area contributed by atoms with Gasteiger partial charge in [-0.1, -0.05) is 29.4 Å². The van der Waals surface area contributed by atoms with E-state index in [1.54, 1.807) is 0 Å². The van der Waals surface area contributed by atoms with Gasteiger partial charge in [0.1, 0.15) is 18.8 Å². The zero-order valence-corrected chi connectivity index (χ0v) is 15.3. The van der Waals surface area contributed by atoms with E-state index in [4.69, 9.17) is 18.7 Å². The van der Waals surface area contributed by atoms with E-state index in [2.05, 4.69) is 10.1 Å². The molecule has 0 fully saturated rings. The summed E-state index contributed by atoms with van der Waals surface area (Å²) < 4.78 is 20.9. The molecule has 10 nitrogen and oxygen atoms in total. The van der Waals surface area contributed by atoms with E-state index < -0.39 is 16.6 Å². The van der Waals surface area contributed by atoms with Crippen LogP contribution in [0.2, 0.25) is 0 Å². The van der Waals surface area contributed by atoms with Gasteiger partial charge in [0.25, 0.3) is 11.6 Å². The van der Waals surface area contributed by atoms with Crippen molar-refractivity contribution in [2.45, 2.75) is 13.5 Å². The molecule has 0 atom stereocenters. The van der Waals surface area contributed by atoms with E-state index in [0.29, 0.717) is 5.82 Å². The zero-order valence-electron chi connectivity index (χ0n) is 15.3. The Balaban J connectivity index is 1.52. The van der Waals surface area contributed by atoms with Crippen LogP contribution in [0.1, 0.15) is 21.8 Å². The summed E-state index contributed by atoms with van der Waals surface area (Å²) in [5.41, 5.74) is 1.06. The molecule has 148 valence electrons. The van der Waals surface area contributed by atoms with Crippen LogP contribution in [0.25, 0.3) is 11.4 Å². The van der Waals surface area contributed by atoms with Crippen molar-refractivity contribution in [3.63, 3.8) is 0 Å². The van der Waals surface area contributed by atoms with Crippen LogP contribution < -0.4 is 9.47 Å². The fourth-order valence-corrected chi connectivity index (χ4v) is 2.84. The lowest BCUT2D eigenvalue weighted by Crippen LogP contribution is -2.17. The molecule has 0 bridgehead atoms. The van der Waals surface area contributed by atoms with Crippen molar-refractivity contribution >= 4 is 11.7 Å². The van der Waals surface area contributed by atoms with Crippen molar-refractivity contribution < 1.29 is 28.5 Å². The standard InChI is InChI=1S/C19H15N3O7/c1-11-4-2-3-5-12(11)18-20-17(29-21-18)10-28-19(23)13-8-15-16(27-7-6-26-15)9-14(13)22(24)25/h2-5,8-9H,6-7,10H2,1H3. The van der Waals surface area contributed by atoms with Crippen LogP contribution in [-0.2, 0) is 11.3 Å². The lowest BCUT2D eigenvalue weighted by Gasteiger charge is -2.18. The van der Waals surface area contributed by atoms with Gasteiger partial charge in [-0.15, -0.1) is 0 Å². The van der Waals surface area contributed by atoms with E-state index in [0.717, 1.165) is 17.2 Å². The number of carbonyl (C=O) groups is 1. The smallest absolute Gasteiger partial charge is 0.345 e. The second kappa shape index (κ2) is 7.58. The molecule has 2 heterocycles. The molecular weight excluding hydrogens is 382 g/mol. The van der Waals surface area contributed by atoms with Crippen LogP contribution in [0.15, 0.2) is 40.9 Å². The summed E-state index contributed by atoms with van der Waals surface area (Å²) in [7, 11) is 0. The molecule has 2 aromatic carbocycles. The molecule has 0 spiro atoms. The molecule has 0 N–H and O–H groups in total. The van der Waals surface area contributed by atoms with Gasteiger partial charge >= 0.3 is 5.97 Å². The summed E-state index contributed by atoms with van der Waals surface area (Å²) in [6.45, 7) is 2.13. The first-order valence-corrected chi connectivity index (χ1v) is 8.66. The summed E-state index contributed by atoms with van der Waals surface area (Å²) in [5, 5.41) is 15.2. The Morgan fingerprint density at radius 3 is 2.66 bits per heavy atom. The van der Waals surface area contributed by atoms with Gasteiger partial charge in [-0.05, 0) is 12.5 Å². The number of ether oxygens (including phenoxy) is 3. The van der Waals surface area contributed by atoms with Crippen molar-refractivity contribution in [2.75, 3.05) is 13.2 Å². The Bertz CT molecular complexity index is 1090.